The lowest BCUT2D eigenvalue weighted by Crippen LogP contribution is -2.31. The predicted molar refractivity (Wildman–Crippen MR) is 79.9 cm³/mol. The van der Waals surface area contributed by atoms with E-state index in [1.165, 1.54) is 6.42 Å². The van der Waals surface area contributed by atoms with Crippen molar-refractivity contribution in [1.29, 1.82) is 0 Å². The number of rotatable bonds is 5. The van der Waals surface area contributed by atoms with Gasteiger partial charge in [0.15, 0.2) is 0 Å². The van der Waals surface area contributed by atoms with Gasteiger partial charge in [-0.1, -0.05) is 6.92 Å². The van der Waals surface area contributed by atoms with Crippen molar-refractivity contribution in [3.8, 4) is 0 Å². The van der Waals surface area contributed by atoms with Crippen LogP contribution in [-0.2, 0) is 0 Å². The molecular weight excluding hydrogens is 238 g/mol. The van der Waals surface area contributed by atoms with Gasteiger partial charge in [-0.2, -0.15) is 4.98 Å². The maximum atomic E-state index is 4.63. The number of aromatic nitrogens is 2. The van der Waals surface area contributed by atoms with Gasteiger partial charge in [0, 0.05) is 37.4 Å². The van der Waals surface area contributed by atoms with Crippen molar-refractivity contribution < 1.29 is 0 Å². The van der Waals surface area contributed by atoms with Crippen LogP contribution >= 0.6 is 0 Å². The molecule has 0 amide bonds. The second-order valence-electron chi connectivity index (χ2n) is 5.47. The quantitative estimate of drug-likeness (QED) is 0.877. The molecule has 1 aliphatic rings. The van der Waals surface area contributed by atoms with E-state index in [0.29, 0.717) is 6.04 Å². The lowest BCUT2D eigenvalue weighted by molar-refractivity contribution is 0.315. The second-order valence-corrected chi connectivity index (χ2v) is 5.47. The summed E-state index contributed by atoms with van der Waals surface area (Å²) in [7, 11) is 4.29. The Balaban J connectivity index is 2.09. The van der Waals surface area contributed by atoms with Gasteiger partial charge in [0.25, 0.3) is 0 Å². The molecule has 1 atom stereocenters. The van der Waals surface area contributed by atoms with Crippen molar-refractivity contribution in [3.05, 3.63) is 11.8 Å². The number of hydrogen-bond acceptors (Lipinski definition) is 5. The fourth-order valence-corrected chi connectivity index (χ4v) is 2.40. The second kappa shape index (κ2) is 6.19. The smallest absolute Gasteiger partial charge is 0.224 e. The van der Waals surface area contributed by atoms with E-state index in [2.05, 4.69) is 52.2 Å². The summed E-state index contributed by atoms with van der Waals surface area (Å²) in [5.74, 6) is 1.81. The molecule has 0 radical (unpaired) electrons. The molecule has 0 bridgehead atoms. The van der Waals surface area contributed by atoms with Gasteiger partial charge in [0.1, 0.15) is 5.82 Å². The van der Waals surface area contributed by atoms with E-state index >= 15 is 0 Å². The van der Waals surface area contributed by atoms with Crippen molar-refractivity contribution in [2.45, 2.75) is 32.7 Å². The number of likely N-dealkylation sites (N-methyl/N-ethyl adjacent to an activating group) is 1. The Morgan fingerprint density at radius 3 is 2.84 bits per heavy atom. The zero-order valence-corrected chi connectivity index (χ0v) is 12.5. The van der Waals surface area contributed by atoms with Gasteiger partial charge >= 0.3 is 0 Å². The Hall–Kier alpha value is -1.36. The molecule has 1 aromatic heterocycles. The third kappa shape index (κ3) is 3.56. The zero-order valence-electron chi connectivity index (χ0n) is 12.5. The van der Waals surface area contributed by atoms with Crippen LogP contribution in [0.4, 0.5) is 11.8 Å². The third-order valence-electron chi connectivity index (χ3n) is 3.59. The molecule has 2 heterocycles. The number of nitrogens with one attached hydrogen (secondary N) is 1. The van der Waals surface area contributed by atoms with Crippen LogP contribution in [0.1, 0.15) is 25.5 Å². The molecule has 1 aromatic rings. The van der Waals surface area contributed by atoms with Crippen molar-refractivity contribution >= 4 is 11.8 Å². The summed E-state index contributed by atoms with van der Waals surface area (Å²) in [4.78, 5) is 13.7. The fourth-order valence-electron chi connectivity index (χ4n) is 2.40. The third-order valence-corrected chi connectivity index (χ3v) is 3.59. The minimum absolute atomic E-state index is 0.627. The first-order valence-corrected chi connectivity index (χ1v) is 7.11. The van der Waals surface area contributed by atoms with E-state index in [1.54, 1.807) is 0 Å². The number of nitrogens with zero attached hydrogens (tertiary/aromatic N) is 4. The maximum Gasteiger partial charge on any atom is 0.224 e. The monoisotopic (exact) mass is 263 g/mol. The Bertz CT molecular complexity index is 418. The van der Waals surface area contributed by atoms with Crippen LogP contribution < -0.4 is 10.2 Å². The Kier molecular flexibility index (Phi) is 4.58. The van der Waals surface area contributed by atoms with E-state index in [9.17, 15) is 0 Å². The van der Waals surface area contributed by atoms with Gasteiger partial charge in [-0.3, -0.25) is 0 Å². The van der Waals surface area contributed by atoms with Crippen LogP contribution in [0.2, 0.25) is 0 Å². The summed E-state index contributed by atoms with van der Waals surface area (Å²) in [6.45, 7) is 7.22. The summed E-state index contributed by atoms with van der Waals surface area (Å²) in [5.41, 5.74) is 1.02. The number of anilines is 2. The first-order chi connectivity index (χ1) is 9.10. The molecular formula is C14H25N5. The molecule has 0 aliphatic carbocycles. The van der Waals surface area contributed by atoms with Crippen LogP contribution in [0.15, 0.2) is 6.07 Å². The number of aryl methyl sites for hydroxylation is 1. The topological polar surface area (TPSA) is 44.3 Å². The van der Waals surface area contributed by atoms with E-state index in [1.807, 2.05) is 6.92 Å². The summed E-state index contributed by atoms with van der Waals surface area (Å²) in [5, 5.41) is 3.27. The molecule has 1 unspecified atom stereocenters. The standard InChI is InChI=1S/C14H25N5/c1-5-7-15-14-16-11(2)9-13(17-14)19-8-6-12(10-19)18(3)4/h9,12H,5-8,10H2,1-4H3,(H,15,16,17). The van der Waals surface area contributed by atoms with Crippen LogP contribution in [0.25, 0.3) is 0 Å². The van der Waals surface area contributed by atoms with E-state index in [4.69, 9.17) is 0 Å². The molecule has 1 saturated heterocycles. The minimum Gasteiger partial charge on any atom is -0.355 e. The van der Waals surface area contributed by atoms with Gasteiger partial charge in [-0.15, -0.1) is 0 Å². The average molecular weight is 263 g/mol. The largest absolute Gasteiger partial charge is 0.355 e. The highest BCUT2D eigenvalue weighted by molar-refractivity contribution is 5.45. The van der Waals surface area contributed by atoms with Gasteiger partial charge in [0.05, 0.1) is 0 Å². The van der Waals surface area contributed by atoms with Crippen molar-refractivity contribution in [3.63, 3.8) is 0 Å². The van der Waals surface area contributed by atoms with Crippen molar-refractivity contribution in [2.24, 2.45) is 0 Å². The maximum absolute atomic E-state index is 4.63. The Morgan fingerprint density at radius 2 is 2.21 bits per heavy atom. The van der Waals surface area contributed by atoms with Crippen LogP contribution in [0.3, 0.4) is 0 Å². The summed E-state index contributed by atoms with van der Waals surface area (Å²) in [6, 6.07) is 2.71. The average Bonchev–Trinajstić information content (AvgIpc) is 2.85. The molecule has 0 spiro atoms. The predicted octanol–water partition coefficient (Wildman–Crippen LogP) is 1.75. The Labute approximate surface area is 116 Å². The van der Waals surface area contributed by atoms with Gasteiger partial charge in [0.2, 0.25) is 5.95 Å². The summed E-state index contributed by atoms with van der Waals surface area (Å²) >= 11 is 0. The zero-order chi connectivity index (χ0) is 13.8. The lowest BCUT2D eigenvalue weighted by atomic mass is 10.2. The Morgan fingerprint density at radius 1 is 1.42 bits per heavy atom. The van der Waals surface area contributed by atoms with E-state index < -0.39 is 0 Å². The molecule has 1 N–H and O–H groups in total. The molecule has 19 heavy (non-hydrogen) atoms. The van der Waals surface area contributed by atoms with E-state index in [0.717, 1.165) is 43.5 Å². The first-order valence-electron chi connectivity index (χ1n) is 7.11. The lowest BCUT2D eigenvalue weighted by Gasteiger charge is -2.21. The molecule has 0 aromatic carbocycles. The SMILES string of the molecule is CCCNc1nc(C)cc(N2CCC(N(C)C)C2)n1. The highest BCUT2D eigenvalue weighted by Gasteiger charge is 2.25. The number of hydrogen-bond donors (Lipinski definition) is 1. The fraction of sp³-hybridized carbons (Fsp3) is 0.714. The van der Waals surface area contributed by atoms with Crippen molar-refractivity contribution in [2.75, 3.05) is 43.9 Å². The highest BCUT2D eigenvalue weighted by atomic mass is 15.3. The minimum atomic E-state index is 0.627. The normalized spacial score (nSPS) is 19.2. The summed E-state index contributed by atoms with van der Waals surface area (Å²) in [6.07, 6.45) is 2.28. The molecule has 1 fully saturated rings. The molecule has 0 saturated carbocycles. The van der Waals surface area contributed by atoms with Crippen molar-refractivity contribution in [1.82, 2.24) is 14.9 Å². The van der Waals surface area contributed by atoms with Gasteiger partial charge in [-0.05, 0) is 33.9 Å². The molecule has 5 nitrogen and oxygen atoms in total. The molecule has 1 aliphatic heterocycles. The molecule has 5 heteroatoms. The molecule has 2 rings (SSSR count). The van der Waals surface area contributed by atoms with Gasteiger partial charge in [-0.25, -0.2) is 4.98 Å². The van der Waals surface area contributed by atoms with Crippen LogP contribution in [-0.4, -0.2) is 54.6 Å². The van der Waals surface area contributed by atoms with Gasteiger partial charge < -0.3 is 15.1 Å². The van der Waals surface area contributed by atoms with Crippen LogP contribution in [0.5, 0.6) is 0 Å². The highest BCUT2D eigenvalue weighted by Crippen LogP contribution is 2.21. The molecule has 106 valence electrons. The first kappa shape index (κ1) is 14.1. The summed E-state index contributed by atoms with van der Waals surface area (Å²) < 4.78 is 0. The van der Waals surface area contributed by atoms with E-state index in [-0.39, 0.29) is 0 Å². The van der Waals surface area contributed by atoms with Crippen LogP contribution in [0, 0.1) is 6.92 Å².